The van der Waals surface area contributed by atoms with Crippen LogP contribution in [0, 0.1) is 0 Å². The highest BCUT2D eigenvalue weighted by Crippen LogP contribution is 2.30. The van der Waals surface area contributed by atoms with Crippen LogP contribution in [0.3, 0.4) is 0 Å². The Morgan fingerprint density at radius 1 is 0.944 bits per heavy atom. The van der Waals surface area contributed by atoms with Gasteiger partial charge >= 0.3 is 10.2 Å². The molecule has 4 rings (SSSR count). The van der Waals surface area contributed by atoms with Crippen molar-refractivity contribution in [3.05, 3.63) is 94.6 Å². The quantitative estimate of drug-likeness (QED) is 0.298. The van der Waals surface area contributed by atoms with Crippen molar-refractivity contribution in [2.75, 3.05) is 16.8 Å². The van der Waals surface area contributed by atoms with Crippen LogP contribution in [0.1, 0.15) is 21.6 Å². The third-order valence-corrected chi connectivity index (χ3v) is 6.47. The van der Waals surface area contributed by atoms with Crippen LogP contribution in [0.15, 0.2) is 77.7 Å². The second kappa shape index (κ2) is 10.3. The highest BCUT2D eigenvalue weighted by atomic mass is 35.5. The summed E-state index contributed by atoms with van der Waals surface area (Å²) in [5.74, 6) is -0.196. The zero-order chi connectivity index (χ0) is 25.9. The fourth-order valence-electron chi connectivity index (χ4n) is 3.67. The van der Waals surface area contributed by atoms with Gasteiger partial charge in [-0.2, -0.15) is 13.4 Å². The van der Waals surface area contributed by atoms with Gasteiger partial charge in [-0.1, -0.05) is 41.9 Å². The van der Waals surface area contributed by atoms with Crippen molar-refractivity contribution in [3.63, 3.8) is 0 Å². The van der Waals surface area contributed by atoms with Gasteiger partial charge in [-0.15, -0.1) is 3.89 Å². The number of anilines is 3. The lowest BCUT2D eigenvalue weighted by atomic mass is 9.99. The average molecular weight is 526 g/mol. The van der Waals surface area contributed by atoms with Gasteiger partial charge < -0.3 is 16.8 Å². The first-order valence-electron chi connectivity index (χ1n) is 10.7. The summed E-state index contributed by atoms with van der Waals surface area (Å²) in [6.07, 6.45) is 1.15. The number of nitrogens with two attached hydrogens (primary N) is 2. The lowest BCUT2D eigenvalue weighted by Gasteiger charge is -2.13. The fourth-order valence-corrected chi connectivity index (χ4v) is 4.30. The Labute approximate surface area is 212 Å². The lowest BCUT2D eigenvalue weighted by molar-refractivity contribution is 0.102. The molecule has 0 radical (unpaired) electrons. The Morgan fingerprint density at radius 2 is 1.64 bits per heavy atom. The third-order valence-electron chi connectivity index (χ3n) is 5.40. The predicted molar refractivity (Wildman–Crippen MR) is 138 cm³/mol. The molecule has 0 saturated carbocycles. The first-order chi connectivity index (χ1) is 17.1. The molecule has 0 unspecified atom stereocenters. The molecule has 1 aromatic heterocycles. The van der Waals surface area contributed by atoms with E-state index in [-0.39, 0.29) is 17.3 Å². The van der Waals surface area contributed by atoms with Crippen LogP contribution in [-0.4, -0.2) is 24.3 Å². The van der Waals surface area contributed by atoms with E-state index < -0.39 is 21.0 Å². The molecule has 1 heterocycles. The summed E-state index contributed by atoms with van der Waals surface area (Å²) in [7, 11) is -4.91. The summed E-state index contributed by atoms with van der Waals surface area (Å²) in [4.78, 5) is 20.4. The maximum absolute atomic E-state index is 13.2. The molecule has 0 atom stereocenters. The van der Waals surface area contributed by atoms with Gasteiger partial charge in [0.15, 0.2) is 0 Å². The van der Waals surface area contributed by atoms with Crippen LogP contribution in [0.2, 0.25) is 5.02 Å². The molecule has 0 aliphatic rings. The number of carbonyl (C=O) groups excluding carboxylic acids is 1. The molecule has 0 spiro atoms. The summed E-state index contributed by atoms with van der Waals surface area (Å²) >= 11 is 6.00. The molecule has 3 aromatic carbocycles. The van der Waals surface area contributed by atoms with Crippen LogP contribution in [0.25, 0.3) is 11.1 Å². The Balaban J connectivity index is 1.47. The predicted octanol–water partition coefficient (Wildman–Crippen LogP) is 4.66. The fraction of sp³-hybridized carbons (Fsp3) is 0.0800. The summed E-state index contributed by atoms with van der Waals surface area (Å²) < 4.78 is 35.4. The Morgan fingerprint density at radius 3 is 2.31 bits per heavy atom. The van der Waals surface area contributed by atoms with Gasteiger partial charge in [-0.3, -0.25) is 4.79 Å². The first kappa shape index (κ1) is 25.1. The van der Waals surface area contributed by atoms with E-state index in [1.54, 1.807) is 24.3 Å². The molecule has 8 nitrogen and oxygen atoms in total. The number of nitrogens with one attached hydrogen (secondary N) is 1. The number of aromatic nitrogens is 2. The van der Waals surface area contributed by atoms with E-state index in [9.17, 15) is 17.1 Å². The van der Waals surface area contributed by atoms with Gasteiger partial charge in [-0.25, -0.2) is 4.98 Å². The number of nitrogen functional groups attached to an aromatic ring is 2. The lowest BCUT2D eigenvalue weighted by Crippen LogP contribution is -2.12. The maximum Gasteiger partial charge on any atom is 0.332 e. The molecule has 0 saturated heterocycles. The van der Waals surface area contributed by atoms with Gasteiger partial charge in [0.2, 0.25) is 5.95 Å². The molecule has 4 aromatic rings. The van der Waals surface area contributed by atoms with Gasteiger partial charge in [0, 0.05) is 21.8 Å². The molecule has 0 fully saturated rings. The molecule has 184 valence electrons. The molecule has 11 heteroatoms. The Hall–Kier alpha value is -4.02. The second-order valence-electron chi connectivity index (χ2n) is 7.91. The van der Waals surface area contributed by atoms with Gasteiger partial charge in [0.1, 0.15) is 5.82 Å². The van der Waals surface area contributed by atoms with Crippen molar-refractivity contribution in [2.45, 2.75) is 17.7 Å². The van der Waals surface area contributed by atoms with Gasteiger partial charge in [0.05, 0.1) is 10.6 Å². The van der Waals surface area contributed by atoms with E-state index in [1.165, 1.54) is 12.1 Å². The van der Waals surface area contributed by atoms with E-state index in [0.717, 1.165) is 23.3 Å². The summed E-state index contributed by atoms with van der Waals surface area (Å²) in [6.45, 7) is 0. The SMILES string of the molecule is Nc1nc(N)c(-c2ccc(Cl)cc2)c(CCc2ccc(NC(=O)c3cccc(S(=O)(=O)F)c3)cc2)n1. The van der Waals surface area contributed by atoms with Gasteiger partial charge in [-0.05, 0) is 66.4 Å². The van der Waals surface area contributed by atoms with Crippen LogP contribution in [-0.2, 0) is 23.1 Å². The zero-order valence-corrected chi connectivity index (χ0v) is 20.4. The number of hydrogen-bond donors (Lipinski definition) is 3. The Bertz CT molecular complexity index is 1530. The molecule has 0 aliphatic heterocycles. The molecule has 0 bridgehead atoms. The largest absolute Gasteiger partial charge is 0.383 e. The van der Waals surface area contributed by atoms with Crippen LogP contribution in [0.4, 0.5) is 21.3 Å². The highest BCUT2D eigenvalue weighted by Gasteiger charge is 2.16. The molecular formula is C25H21ClFN5O3S. The molecule has 1 amide bonds. The minimum atomic E-state index is -4.91. The summed E-state index contributed by atoms with van der Waals surface area (Å²) in [5, 5.41) is 3.27. The maximum atomic E-state index is 13.2. The summed E-state index contributed by atoms with van der Waals surface area (Å²) in [5.41, 5.74) is 15.7. The number of carbonyl (C=O) groups is 1. The van der Waals surface area contributed by atoms with Crippen LogP contribution < -0.4 is 16.8 Å². The molecule has 5 N–H and O–H groups in total. The van der Waals surface area contributed by atoms with Crippen molar-refractivity contribution < 1.29 is 17.1 Å². The van der Waals surface area contributed by atoms with Gasteiger partial charge in [0.25, 0.3) is 5.91 Å². The smallest absolute Gasteiger partial charge is 0.332 e. The number of benzene rings is 3. The average Bonchev–Trinajstić information content (AvgIpc) is 2.84. The number of amides is 1. The third kappa shape index (κ3) is 5.96. The van der Waals surface area contributed by atoms with Crippen molar-refractivity contribution in [3.8, 4) is 11.1 Å². The van der Waals surface area contributed by atoms with Crippen LogP contribution in [0.5, 0.6) is 0 Å². The number of nitrogens with zero attached hydrogens (tertiary/aromatic N) is 2. The van der Waals surface area contributed by atoms with Crippen molar-refractivity contribution in [1.29, 1.82) is 0 Å². The Kier molecular flexibility index (Phi) is 7.18. The first-order valence-corrected chi connectivity index (χ1v) is 12.5. The topological polar surface area (TPSA) is 141 Å². The molecule has 0 aliphatic carbocycles. The molecular weight excluding hydrogens is 505 g/mol. The van der Waals surface area contributed by atoms with Crippen molar-refractivity contribution in [1.82, 2.24) is 9.97 Å². The minimum absolute atomic E-state index is 0.0199. The monoisotopic (exact) mass is 525 g/mol. The van der Waals surface area contributed by atoms with Crippen molar-refractivity contribution >= 4 is 45.2 Å². The standard InChI is InChI=1S/C25H21ClFN5O3S/c26-18-9-7-16(8-10-18)22-21(31-25(29)32-23(22)28)13-6-15-4-11-19(12-5-15)30-24(33)17-2-1-3-20(14-17)36(27,34)35/h1-5,7-12,14H,6,13H2,(H,30,33)(H4,28,29,31,32). The van der Waals surface area contributed by atoms with Crippen LogP contribution >= 0.6 is 11.6 Å². The van der Waals surface area contributed by atoms with E-state index >= 15 is 0 Å². The number of rotatable bonds is 7. The molecule has 36 heavy (non-hydrogen) atoms. The van der Waals surface area contributed by atoms with E-state index in [0.29, 0.717) is 34.8 Å². The zero-order valence-electron chi connectivity index (χ0n) is 18.8. The van der Waals surface area contributed by atoms with E-state index in [2.05, 4.69) is 15.3 Å². The van der Waals surface area contributed by atoms with E-state index in [1.807, 2.05) is 24.3 Å². The number of aryl methyl sites for hydroxylation is 2. The second-order valence-corrected chi connectivity index (χ2v) is 9.70. The summed E-state index contributed by atoms with van der Waals surface area (Å²) in [6, 6.07) is 19.1. The highest BCUT2D eigenvalue weighted by molar-refractivity contribution is 7.86. The van der Waals surface area contributed by atoms with Crippen molar-refractivity contribution in [2.24, 2.45) is 0 Å². The normalized spacial score (nSPS) is 11.3. The minimum Gasteiger partial charge on any atom is -0.383 e. The number of halogens is 2. The van der Waals surface area contributed by atoms with E-state index in [4.69, 9.17) is 23.1 Å². The number of hydrogen-bond acceptors (Lipinski definition) is 7.